The summed E-state index contributed by atoms with van der Waals surface area (Å²) >= 11 is 0.927. The molecule has 0 spiro atoms. The van der Waals surface area contributed by atoms with E-state index in [1.165, 1.54) is 12.1 Å². The number of nitrogens with one attached hydrogen (secondary N) is 1. The lowest BCUT2D eigenvalue weighted by molar-refractivity contribution is -0.139. The molecule has 0 bridgehead atoms. The molecule has 4 heterocycles. The highest BCUT2D eigenvalue weighted by atomic mass is 32.2. The van der Waals surface area contributed by atoms with Crippen LogP contribution in [0.5, 0.6) is 0 Å². The zero-order chi connectivity index (χ0) is 27.6. The second-order valence-corrected chi connectivity index (χ2v) is 11.7. The molecule has 2 fully saturated rings. The van der Waals surface area contributed by atoms with Gasteiger partial charge in [0.15, 0.2) is 0 Å². The molecule has 214 valence electrons. The van der Waals surface area contributed by atoms with Crippen molar-refractivity contribution in [1.29, 1.82) is 0 Å². The van der Waals surface area contributed by atoms with E-state index in [9.17, 15) is 28.2 Å². The first kappa shape index (κ1) is 28.4. The van der Waals surface area contributed by atoms with Crippen molar-refractivity contribution in [3.63, 3.8) is 0 Å². The molecule has 0 radical (unpaired) electrons. The number of halogens is 3. The predicted octanol–water partition coefficient (Wildman–Crippen LogP) is 2.75. The number of aromatic nitrogens is 2. The second-order valence-electron chi connectivity index (χ2n) is 10.7. The third kappa shape index (κ3) is 6.79. The SMILES string of the molecule is O=C(CSc1cc(-c2nn(CC(O)CN3CCC(O)CC3)c3c2CNCC3)ccc1C(F)(F)F)N1CCCC1. The Morgan fingerprint density at radius 2 is 1.90 bits per heavy atom. The standard InChI is InChI=1S/C27H36F3N5O3S/c28-27(29,30)22-4-3-18(13-24(22)39-17-25(38)34-9-1-2-10-34)26-21-14-31-8-5-23(21)35(32-26)16-20(37)15-33-11-6-19(36)7-12-33/h3-4,13,19-20,31,36-37H,1-2,5-12,14-17H2. The summed E-state index contributed by atoms with van der Waals surface area (Å²) in [5, 5.41) is 28.7. The zero-order valence-corrected chi connectivity index (χ0v) is 22.7. The smallest absolute Gasteiger partial charge is 0.393 e. The monoisotopic (exact) mass is 567 g/mol. The normalized spacial score (nSPS) is 19.9. The number of likely N-dealkylation sites (tertiary alicyclic amines) is 2. The molecule has 12 heteroatoms. The van der Waals surface area contributed by atoms with Crippen LogP contribution in [0.2, 0.25) is 0 Å². The van der Waals surface area contributed by atoms with Gasteiger partial charge in [-0.05, 0) is 37.8 Å². The average Bonchev–Trinajstić information content (AvgIpc) is 3.57. The quantitative estimate of drug-likeness (QED) is 0.423. The number of aliphatic hydroxyl groups excluding tert-OH is 2. The molecule has 0 aliphatic carbocycles. The molecule has 1 aromatic carbocycles. The molecule has 5 rings (SSSR count). The van der Waals surface area contributed by atoms with Gasteiger partial charge in [-0.1, -0.05) is 6.07 Å². The number of rotatable bonds is 8. The van der Waals surface area contributed by atoms with Crippen LogP contribution in [0.15, 0.2) is 23.1 Å². The summed E-state index contributed by atoms with van der Waals surface area (Å²) in [4.78, 5) is 16.4. The van der Waals surface area contributed by atoms with Crippen LogP contribution in [0.4, 0.5) is 13.2 Å². The van der Waals surface area contributed by atoms with Crippen molar-refractivity contribution in [2.24, 2.45) is 0 Å². The summed E-state index contributed by atoms with van der Waals surface area (Å²) in [6.07, 6.45) is -1.53. The molecule has 1 unspecified atom stereocenters. The molecular formula is C27H36F3N5O3S. The highest BCUT2D eigenvalue weighted by Gasteiger charge is 2.35. The molecule has 0 saturated carbocycles. The van der Waals surface area contributed by atoms with Crippen LogP contribution in [-0.4, -0.2) is 92.9 Å². The van der Waals surface area contributed by atoms with Gasteiger partial charge in [0.25, 0.3) is 0 Å². The van der Waals surface area contributed by atoms with Crippen LogP contribution >= 0.6 is 11.8 Å². The van der Waals surface area contributed by atoms with Crippen molar-refractivity contribution in [2.45, 2.75) is 68.5 Å². The highest BCUT2D eigenvalue weighted by molar-refractivity contribution is 8.00. The summed E-state index contributed by atoms with van der Waals surface area (Å²) in [6, 6.07) is 4.03. The van der Waals surface area contributed by atoms with E-state index in [2.05, 4.69) is 10.2 Å². The maximum atomic E-state index is 13.9. The fourth-order valence-electron chi connectivity index (χ4n) is 5.68. The van der Waals surface area contributed by atoms with E-state index in [0.29, 0.717) is 56.7 Å². The summed E-state index contributed by atoms with van der Waals surface area (Å²) < 4.78 is 43.4. The summed E-state index contributed by atoms with van der Waals surface area (Å²) in [6.45, 7) is 4.84. The Hall–Kier alpha value is -2.12. The number of benzene rings is 1. The van der Waals surface area contributed by atoms with Crippen molar-refractivity contribution >= 4 is 17.7 Å². The molecule has 1 aromatic heterocycles. The van der Waals surface area contributed by atoms with E-state index >= 15 is 0 Å². The van der Waals surface area contributed by atoms with Crippen LogP contribution in [0.3, 0.4) is 0 Å². The van der Waals surface area contributed by atoms with Crippen LogP contribution in [0.1, 0.15) is 42.5 Å². The molecule has 2 saturated heterocycles. The van der Waals surface area contributed by atoms with Gasteiger partial charge in [-0.15, -0.1) is 11.8 Å². The lowest BCUT2D eigenvalue weighted by atomic mass is 10.0. The van der Waals surface area contributed by atoms with Crippen LogP contribution in [-0.2, 0) is 30.5 Å². The van der Waals surface area contributed by atoms with Crippen LogP contribution in [0.25, 0.3) is 11.3 Å². The lowest BCUT2D eigenvalue weighted by Gasteiger charge is -2.31. The fourth-order valence-corrected chi connectivity index (χ4v) is 6.69. The number of piperidine rings is 1. The first-order valence-electron chi connectivity index (χ1n) is 13.7. The average molecular weight is 568 g/mol. The Balaban J connectivity index is 1.38. The number of amides is 1. The van der Waals surface area contributed by atoms with E-state index < -0.39 is 17.8 Å². The van der Waals surface area contributed by atoms with Gasteiger partial charge in [-0.25, -0.2) is 0 Å². The van der Waals surface area contributed by atoms with Crippen molar-refractivity contribution in [3.8, 4) is 11.3 Å². The Bertz CT molecular complexity index is 1160. The Labute approximate surface area is 230 Å². The first-order valence-corrected chi connectivity index (χ1v) is 14.7. The van der Waals surface area contributed by atoms with Gasteiger partial charge in [0.1, 0.15) is 0 Å². The number of aliphatic hydroxyl groups is 2. The minimum absolute atomic E-state index is 0.0203. The van der Waals surface area contributed by atoms with Gasteiger partial charge in [-0.3, -0.25) is 9.48 Å². The van der Waals surface area contributed by atoms with E-state index in [1.807, 2.05) is 0 Å². The van der Waals surface area contributed by atoms with E-state index in [1.54, 1.807) is 9.58 Å². The number of hydrogen-bond donors (Lipinski definition) is 3. The molecule has 3 N–H and O–H groups in total. The Morgan fingerprint density at radius 1 is 1.15 bits per heavy atom. The van der Waals surface area contributed by atoms with Crippen molar-refractivity contribution in [1.82, 2.24) is 24.9 Å². The topological polar surface area (TPSA) is 93.9 Å². The number of hydrogen-bond acceptors (Lipinski definition) is 7. The van der Waals surface area contributed by atoms with Gasteiger partial charge in [-0.2, -0.15) is 18.3 Å². The molecular weight excluding hydrogens is 531 g/mol. The maximum Gasteiger partial charge on any atom is 0.417 e. The zero-order valence-electron chi connectivity index (χ0n) is 21.9. The molecule has 1 amide bonds. The third-order valence-corrected chi connectivity index (χ3v) is 8.83. The van der Waals surface area contributed by atoms with E-state index in [0.717, 1.165) is 61.6 Å². The molecule has 3 aliphatic heterocycles. The minimum Gasteiger partial charge on any atom is -0.393 e. The molecule has 3 aliphatic rings. The summed E-state index contributed by atoms with van der Waals surface area (Å²) in [5.74, 6) is -0.181. The van der Waals surface area contributed by atoms with E-state index in [-0.39, 0.29) is 29.2 Å². The highest BCUT2D eigenvalue weighted by Crippen LogP contribution is 2.40. The number of fused-ring (bicyclic) bond motifs is 1. The maximum absolute atomic E-state index is 13.9. The van der Waals surface area contributed by atoms with Gasteiger partial charge in [0.2, 0.25) is 5.91 Å². The molecule has 1 atom stereocenters. The summed E-state index contributed by atoms with van der Waals surface area (Å²) in [5.41, 5.74) is 2.33. The fraction of sp³-hybridized carbons (Fsp3) is 0.630. The van der Waals surface area contributed by atoms with Crippen LogP contribution in [0, 0.1) is 0 Å². The Kier molecular flexibility index (Phi) is 8.87. The van der Waals surface area contributed by atoms with Gasteiger partial charge in [0, 0.05) is 74.0 Å². The number of carbonyl (C=O) groups is 1. The van der Waals surface area contributed by atoms with Gasteiger partial charge in [0.05, 0.1) is 35.8 Å². The van der Waals surface area contributed by atoms with Crippen molar-refractivity contribution < 1.29 is 28.2 Å². The first-order chi connectivity index (χ1) is 18.7. The van der Waals surface area contributed by atoms with Crippen LogP contribution < -0.4 is 5.32 Å². The number of carbonyl (C=O) groups excluding carboxylic acids is 1. The van der Waals surface area contributed by atoms with Crippen molar-refractivity contribution in [3.05, 3.63) is 35.0 Å². The van der Waals surface area contributed by atoms with E-state index in [4.69, 9.17) is 5.10 Å². The van der Waals surface area contributed by atoms with Crippen molar-refractivity contribution in [2.75, 3.05) is 45.0 Å². The minimum atomic E-state index is -4.54. The Morgan fingerprint density at radius 3 is 2.62 bits per heavy atom. The third-order valence-electron chi connectivity index (χ3n) is 7.79. The van der Waals surface area contributed by atoms with Gasteiger partial charge >= 0.3 is 6.18 Å². The predicted molar refractivity (Wildman–Crippen MR) is 142 cm³/mol. The van der Waals surface area contributed by atoms with Gasteiger partial charge < -0.3 is 25.3 Å². The number of alkyl halides is 3. The number of thioether (sulfide) groups is 1. The molecule has 2 aromatic rings. The lowest BCUT2D eigenvalue weighted by Crippen LogP contribution is -2.41. The molecule has 39 heavy (non-hydrogen) atoms. The molecule has 8 nitrogen and oxygen atoms in total. The second kappa shape index (κ2) is 12.2. The number of nitrogens with zero attached hydrogens (tertiary/aromatic N) is 4. The summed E-state index contributed by atoms with van der Waals surface area (Å²) in [7, 11) is 0. The largest absolute Gasteiger partial charge is 0.417 e. The number of β-amino-alcohol motifs (C(OH)–C–C–N with tert-alkyl or cyclic N) is 1.